The van der Waals surface area contributed by atoms with Crippen LogP contribution in [-0.4, -0.2) is 58.0 Å². The smallest absolute Gasteiger partial charge is 0.265 e. The van der Waals surface area contributed by atoms with Gasteiger partial charge in [-0.1, -0.05) is 29.8 Å². The maximum atomic E-state index is 13.1. The minimum atomic E-state index is -0.402. The number of hydrogen-bond acceptors (Lipinski definition) is 8. The number of aliphatic imine (C=N–C) groups is 1. The van der Waals surface area contributed by atoms with E-state index >= 15 is 0 Å². The average molecular weight is 567 g/mol. The van der Waals surface area contributed by atoms with Gasteiger partial charge in [-0.3, -0.25) is 9.59 Å². The predicted octanol–water partition coefficient (Wildman–Crippen LogP) is 4.68. The fraction of sp³-hybridized carbons (Fsp3) is 0.320. The first-order chi connectivity index (χ1) is 17.7. The topological polar surface area (TPSA) is 110 Å². The van der Waals surface area contributed by atoms with Gasteiger partial charge in [0.2, 0.25) is 5.91 Å². The summed E-state index contributed by atoms with van der Waals surface area (Å²) >= 11 is 14.1. The van der Waals surface area contributed by atoms with Crippen LogP contribution in [0.3, 0.4) is 0 Å². The first-order valence-electron chi connectivity index (χ1n) is 11.2. The first kappa shape index (κ1) is 28.5. The molecule has 2 heterocycles. The van der Waals surface area contributed by atoms with Crippen LogP contribution in [0.1, 0.15) is 26.5 Å². The molecule has 0 radical (unpaired) electrons. The predicted molar refractivity (Wildman–Crippen MR) is 149 cm³/mol. The lowest BCUT2D eigenvalue weighted by atomic mass is 10.0. The zero-order valence-corrected chi connectivity index (χ0v) is 23.0. The van der Waals surface area contributed by atoms with Crippen LogP contribution in [0.5, 0.6) is 11.5 Å². The number of rotatable bonds is 10. The van der Waals surface area contributed by atoms with Crippen LogP contribution in [0.2, 0.25) is 10.0 Å². The van der Waals surface area contributed by atoms with E-state index in [9.17, 15) is 9.59 Å². The number of hydrogen-bond donors (Lipinski definition) is 3. The van der Waals surface area contributed by atoms with Crippen molar-refractivity contribution in [2.45, 2.75) is 25.4 Å². The number of nitrogens with zero attached hydrogens (tertiary/aromatic N) is 1. The number of nitrogens with one attached hydrogen (secondary N) is 3. The van der Waals surface area contributed by atoms with E-state index in [1.165, 1.54) is 31.6 Å². The van der Waals surface area contributed by atoms with Crippen LogP contribution >= 0.6 is 34.5 Å². The molecule has 2 aromatic rings. The Bertz CT molecular complexity index is 1200. The average Bonchev–Trinajstić information content (AvgIpc) is 3.27. The van der Waals surface area contributed by atoms with E-state index in [0.29, 0.717) is 41.8 Å². The Labute approximate surface area is 229 Å². The van der Waals surface area contributed by atoms with E-state index in [1.54, 1.807) is 18.2 Å². The Hall–Kier alpha value is -3.05. The van der Waals surface area contributed by atoms with Crippen molar-refractivity contribution in [2.75, 3.05) is 32.8 Å². The molecule has 3 rings (SSSR count). The largest absolute Gasteiger partial charge is 0.495 e. The lowest BCUT2D eigenvalue weighted by molar-refractivity contribution is -0.118. The number of halogens is 2. The van der Waals surface area contributed by atoms with Crippen LogP contribution < -0.4 is 25.4 Å². The van der Waals surface area contributed by atoms with Crippen LogP contribution in [0.25, 0.3) is 6.08 Å². The zero-order valence-electron chi connectivity index (χ0n) is 20.7. The summed E-state index contributed by atoms with van der Waals surface area (Å²) in [7, 11) is 2.91. The second-order valence-electron chi connectivity index (χ2n) is 7.98. The molecular formula is C25H28Cl2N4O5S. The minimum absolute atomic E-state index is 0.158. The number of amides is 2. The highest BCUT2D eigenvalue weighted by molar-refractivity contribution is 7.14. The molecule has 1 aromatic carbocycles. The summed E-state index contributed by atoms with van der Waals surface area (Å²) < 4.78 is 16.1. The normalized spacial score (nSPS) is 17.5. The quantitative estimate of drug-likeness (QED) is 0.284. The van der Waals surface area contributed by atoms with Crippen LogP contribution in [0.15, 0.2) is 35.6 Å². The van der Waals surface area contributed by atoms with Crippen molar-refractivity contribution in [3.63, 3.8) is 0 Å². The maximum absolute atomic E-state index is 13.1. The monoisotopic (exact) mass is 566 g/mol. The van der Waals surface area contributed by atoms with Gasteiger partial charge in [-0.25, -0.2) is 4.99 Å². The van der Waals surface area contributed by atoms with E-state index < -0.39 is 5.91 Å². The summed E-state index contributed by atoms with van der Waals surface area (Å²) in [5, 5.41) is 9.26. The number of methoxy groups -OCH3 is 2. The van der Waals surface area contributed by atoms with E-state index in [2.05, 4.69) is 34.2 Å². The Morgan fingerprint density at radius 3 is 2.43 bits per heavy atom. The molecular weight excluding hydrogens is 539 g/mol. The molecule has 2 unspecified atom stereocenters. The summed E-state index contributed by atoms with van der Waals surface area (Å²) in [6.45, 7) is 9.96. The van der Waals surface area contributed by atoms with Gasteiger partial charge in [0.05, 0.1) is 43.5 Å². The highest BCUT2D eigenvalue weighted by Gasteiger charge is 2.27. The van der Waals surface area contributed by atoms with Gasteiger partial charge in [0.25, 0.3) is 5.91 Å². The Morgan fingerprint density at radius 2 is 1.84 bits per heavy atom. The van der Waals surface area contributed by atoms with Crippen LogP contribution in [0.4, 0.5) is 5.69 Å². The molecule has 1 fully saturated rings. The molecule has 12 heteroatoms. The molecule has 0 bridgehead atoms. The SMILES string of the molecule is C=CC(=O)NC1CCOCC1N/C(=C/c1cc(C(=O)Nc2c(Cl)c(OC)cc(OC)c2Cl)sc1C)N=C. The fourth-order valence-corrected chi connectivity index (χ4v) is 5.18. The number of thiophene rings is 1. The second-order valence-corrected chi connectivity index (χ2v) is 9.99. The van der Waals surface area contributed by atoms with Gasteiger partial charge in [-0.05, 0) is 43.8 Å². The van der Waals surface area contributed by atoms with Gasteiger partial charge in [-0.15, -0.1) is 11.3 Å². The second kappa shape index (κ2) is 13.0. The van der Waals surface area contributed by atoms with Gasteiger partial charge >= 0.3 is 0 Å². The summed E-state index contributed by atoms with van der Waals surface area (Å²) in [5.74, 6) is 0.442. The number of aryl methyl sites for hydroxylation is 1. The fourth-order valence-electron chi connectivity index (χ4n) is 3.69. The van der Waals surface area contributed by atoms with Crippen molar-refractivity contribution in [2.24, 2.45) is 4.99 Å². The van der Waals surface area contributed by atoms with Crippen LogP contribution in [0, 0.1) is 6.92 Å². The third kappa shape index (κ3) is 6.84. The number of anilines is 1. The molecule has 3 N–H and O–H groups in total. The number of carbonyl (C=O) groups excluding carboxylic acids is 2. The first-order valence-corrected chi connectivity index (χ1v) is 12.8. The standard InChI is InChI=1S/C25H28Cl2N4O5S/c1-6-21(32)30-15-7-8-36-12-16(15)29-20(28-3)10-14-9-19(37-13(14)2)25(33)31-24-22(26)17(34-4)11-18(35-5)23(24)27/h6,9-11,15-16,29H,1,3,7-8,12H2,2,4-5H3,(H,30,32)(H,31,33)/b20-10+. The molecule has 198 valence electrons. The summed E-state index contributed by atoms with van der Waals surface area (Å²) in [6.07, 6.45) is 3.66. The summed E-state index contributed by atoms with van der Waals surface area (Å²) in [5.41, 5.74) is 0.960. The van der Waals surface area contributed by atoms with Gasteiger partial charge in [0.15, 0.2) is 0 Å². The van der Waals surface area contributed by atoms with Crippen molar-refractivity contribution in [3.8, 4) is 11.5 Å². The molecule has 9 nitrogen and oxygen atoms in total. The Balaban J connectivity index is 1.81. The van der Waals surface area contributed by atoms with Crippen molar-refractivity contribution >= 4 is 64.8 Å². The minimum Gasteiger partial charge on any atom is -0.495 e. The lowest BCUT2D eigenvalue weighted by Gasteiger charge is -2.33. The molecule has 0 aliphatic carbocycles. The maximum Gasteiger partial charge on any atom is 0.265 e. The third-order valence-corrected chi connectivity index (χ3v) is 7.47. The number of ether oxygens (including phenoxy) is 3. The number of carbonyl (C=O) groups is 2. The number of benzene rings is 1. The molecule has 0 saturated carbocycles. The van der Waals surface area contributed by atoms with Gasteiger partial charge < -0.3 is 30.2 Å². The Morgan fingerprint density at radius 1 is 1.16 bits per heavy atom. The van der Waals surface area contributed by atoms with E-state index in [-0.39, 0.29) is 33.7 Å². The van der Waals surface area contributed by atoms with Crippen molar-refractivity contribution in [1.82, 2.24) is 10.6 Å². The van der Waals surface area contributed by atoms with Crippen LogP contribution in [-0.2, 0) is 9.53 Å². The Kier molecular flexibility index (Phi) is 9.99. The molecule has 37 heavy (non-hydrogen) atoms. The van der Waals surface area contributed by atoms with Crippen molar-refractivity contribution < 1.29 is 23.8 Å². The van der Waals surface area contributed by atoms with Crippen molar-refractivity contribution in [3.05, 3.63) is 56.0 Å². The molecule has 1 aliphatic heterocycles. The lowest BCUT2D eigenvalue weighted by Crippen LogP contribution is -2.54. The van der Waals surface area contributed by atoms with Gasteiger partial charge in [-0.2, -0.15) is 0 Å². The van der Waals surface area contributed by atoms with E-state index in [4.69, 9.17) is 37.4 Å². The molecule has 0 spiro atoms. The molecule has 2 amide bonds. The highest BCUT2D eigenvalue weighted by Crippen LogP contribution is 2.44. The van der Waals surface area contributed by atoms with Gasteiger partial charge in [0.1, 0.15) is 27.4 Å². The van der Waals surface area contributed by atoms with Gasteiger partial charge in [0, 0.05) is 17.6 Å². The molecule has 1 aliphatic rings. The molecule has 1 saturated heterocycles. The third-order valence-electron chi connectivity index (χ3n) is 5.66. The van der Waals surface area contributed by atoms with E-state index in [1.807, 2.05) is 6.92 Å². The summed E-state index contributed by atoms with van der Waals surface area (Å²) in [6, 6.07) is 2.89. The van der Waals surface area contributed by atoms with E-state index in [0.717, 1.165) is 10.4 Å². The highest BCUT2D eigenvalue weighted by atomic mass is 35.5. The summed E-state index contributed by atoms with van der Waals surface area (Å²) in [4.78, 5) is 30.3. The molecule has 1 aromatic heterocycles. The molecule has 2 atom stereocenters. The zero-order chi connectivity index (χ0) is 27.1. The van der Waals surface area contributed by atoms with Crippen molar-refractivity contribution in [1.29, 1.82) is 0 Å².